The van der Waals surface area contributed by atoms with Crippen LogP contribution in [-0.2, 0) is 10.1 Å². The van der Waals surface area contributed by atoms with Crippen molar-refractivity contribution in [2.24, 2.45) is 10.2 Å². The van der Waals surface area contributed by atoms with E-state index in [1.807, 2.05) is 6.92 Å². The Morgan fingerprint density at radius 1 is 0.885 bits per heavy atom. The van der Waals surface area contributed by atoms with E-state index in [9.17, 15) is 23.2 Å². The van der Waals surface area contributed by atoms with Crippen molar-refractivity contribution in [2.75, 3.05) is 0 Å². The minimum absolute atomic E-state index is 0. The van der Waals surface area contributed by atoms with E-state index in [1.54, 1.807) is 30.3 Å². The average Bonchev–Trinajstić information content (AvgIpc) is 2.55. The van der Waals surface area contributed by atoms with E-state index in [1.165, 1.54) is 12.1 Å². The molecule has 3 N–H and O–H groups in total. The quantitative estimate of drug-likeness (QED) is 0.363. The summed E-state index contributed by atoms with van der Waals surface area (Å²) < 4.78 is 32.4. The van der Waals surface area contributed by atoms with Crippen LogP contribution in [0.4, 0.5) is 11.4 Å². The van der Waals surface area contributed by atoms with E-state index in [0.29, 0.717) is 5.39 Å². The van der Waals surface area contributed by atoms with Gasteiger partial charge in [-0.15, -0.1) is 10.2 Å². The predicted molar refractivity (Wildman–Crippen MR) is 99.6 cm³/mol. The molecule has 0 aromatic heterocycles. The van der Waals surface area contributed by atoms with Crippen molar-refractivity contribution < 1.29 is 23.2 Å². The van der Waals surface area contributed by atoms with Gasteiger partial charge in [-0.05, 0) is 24.6 Å². The Morgan fingerprint density at radius 2 is 1.54 bits per heavy atom. The molecule has 0 spiro atoms. The molecule has 0 heterocycles. The molecule has 130 valence electrons. The fraction of sp³-hybridized carbons (Fsp3) is 0.0588. The normalized spacial score (nSPS) is 11.6. The first kappa shape index (κ1) is 20.3. The van der Waals surface area contributed by atoms with Crippen LogP contribution < -0.4 is 0 Å². The van der Waals surface area contributed by atoms with Crippen LogP contribution in [0.25, 0.3) is 10.8 Å². The molecule has 0 bridgehead atoms. The molecule has 0 unspecified atom stereocenters. The Labute approximate surface area is 172 Å². The molecule has 0 fully saturated rings. The van der Waals surface area contributed by atoms with Gasteiger partial charge in [0.1, 0.15) is 27.8 Å². The molecule has 3 aromatic carbocycles. The molecule has 0 amide bonds. The molecular formula is C17H15N2NaO5S. The number of hydrogen-bond acceptors (Lipinski definition) is 6. The zero-order chi connectivity index (χ0) is 18.2. The number of phenolic OH excluding ortho intramolecular Hbond substituents is 2. The molecule has 0 atom stereocenters. The van der Waals surface area contributed by atoms with Crippen molar-refractivity contribution in [3.8, 4) is 11.5 Å². The van der Waals surface area contributed by atoms with E-state index in [-0.39, 0.29) is 52.1 Å². The summed E-state index contributed by atoms with van der Waals surface area (Å²) in [6.07, 6.45) is 0. The number of aryl methyl sites for hydroxylation is 1. The first-order valence-corrected chi connectivity index (χ1v) is 8.65. The van der Waals surface area contributed by atoms with Crippen molar-refractivity contribution in [1.82, 2.24) is 0 Å². The number of rotatable bonds is 3. The Morgan fingerprint density at radius 3 is 2.19 bits per heavy atom. The molecule has 0 aliphatic rings. The fourth-order valence-corrected chi connectivity index (χ4v) is 3.17. The average molecular weight is 382 g/mol. The van der Waals surface area contributed by atoms with Crippen molar-refractivity contribution in [1.29, 1.82) is 0 Å². The number of fused-ring (bicyclic) bond motifs is 1. The van der Waals surface area contributed by atoms with Gasteiger partial charge >= 0.3 is 29.6 Å². The summed E-state index contributed by atoms with van der Waals surface area (Å²) in [6.45, 7) is 1.83. The second-order valence-corrected chi connectivity index (χ2v) is 6.85. The molecule has 26 heavy (non-hydrogen) atoms. The van der Waals surface area contributed by atoms with Gasteiger partial charge in [-0.25, -0.2) is 0 Å². The Balaban J connectivity index is 0.00000243. The van der Waals surface area contributed by atoms with Gasteiger partial charge in [0.15, 0.2) is 0 Å². The summed E-state index contributed by atoms with van der Waals surface area (Å²) in [7, 11) is -4.52. The zero-order valence-electron chi connectivity index (χ0n) is 13.1. The van der Waals surface area contributed by atoms with Crippen LogP contribution in [0.15, 0.2) is 63.7 Å². The number of benzene rings is 3. The summed E-state index contributed by atoms with van der Waals surface area (Å²) >= 11 is 0. The molecule has 3 rings (SSSR count). The van der Waals surface area contributed by atoms with Crippen LogP contribution in [0.3, 0.4) is 0 Å². The summed E-state index contributed by atoms with van der Waals surface area (Å²) in [5.41, 5.74) is 1.11. The fourth-order valence-electron chi connectivity index (χ4n) is 2.45. The first-order chi connectivity index (χ1) is 11.8. The van der Waals surface area contributed by atoms with E-state index < -0.39 is 20.8 Å². The van der Waals surface area contributed by atoms with Gasteiger partial charge in [-0.3, -0.25) is 4.55 Å². The van der Waals surface area contributed by atoms with Crippen LogP contribution in [0.5, 0.6) is 11.5 Å². The van der Waals surface area contributed by atoms with Gasteiger partial charge in [0, 0.05) is 16.8 Å². The van der Waals surface area contributed by atoms with Crippen LogP contribution in [0.2, 0.25) is 0 Å². The maximum atomic E-state index is 11.5. The summed E-state index contributed by atoms with van der Waals surface area (Å²) in [6, 6.07) is 12.0. The van der Waals surface area contributed by atoms with Crippen LogP contribution in [0, 0.1) is 6.92 Å². The van der Waals surface area contributed by atoms with Gasteiger partial charge < -0.3 is 10.2 Å². The molecule has 0 saturated heterocycles. The van der Waals surface area contributed by atoms with Crippen molar-refractivity contribution in [3.63, 3.8) is 0 Å². The Hall–Kier alpha value is -1.97. The topological polar surface area (TPSA) is 120 Å². The van der Waals surface area contributed by atoms with Crippen molar-refractivity contribution >= 4 is 61.8 Å². The predicted octanol–water partition coefficient (Wildman–Crippen LogP) is 3.57. The van der Waals surface area contributed by atoms with E-state index >= 15 is 0 Å². The Kier molecular flexibility index (Phi) is 6.05. The molecule has 0 aliphatic carbocycles. The van der Waals surface area contributed by atoms with Gasteiger partial charge in [0.25, 0.3) is 10.1 Å². The monoisotopic (exact) mass is 382 g/mol. The van der Waals surface area contributed by atoms with Crippen molar-refractivity contribution in [2.45, 2.75) is 11.8 Å². The van der Waals surface area contributed by atoms with Gasteiger partial charge in [0.05, 0.1) is 0 Å². The van der Waals surface area contributed by atoms with Gasteiger partial charge in [0.2, 0.25) is 0 Å². The second kappa shape index (κ2) is 7.73. The molecule has 9 heteroatoms. The van der Waals surface area contributed by atoms with Crippen LogP contribution in [-0.4, -0.2) is 52.7 Å². The third kappa shape index (κ3) is 4.05. The molecule has 3 aromatic rings. The molecular weight excluding hydrogens is 367 g/mol. The number of azo groups is 1. The minimum atomic E-state index is -4.52. The second-order valence-electron chi connectivity index (χ2n) is 5.46. The zero-order valence-corrected chi connectivity index (χ0v) is 13.9. The maximum absolute atomic E-state index is 11.5. The Bertz CT molecular complexity index is 1110. The summed E-state index contributed by atoms with van der Waals surface area (Å²) in [5.74, 6) is -0.532. The number of phenols is 2. The third-order valence-electron chi connectivity index (χ3n) is 3.62. The molecule has 0 saturated carbocycles. The summed E-state index contributed by atoms with van der Waals surface area (Å²) in [4.78, 5) is -0.419. The number of nitrogens with zero attached hydrogens (tertiary/aromatic N) is 2. The van der Waals surface area contributed by atoms with E-state index in [0.717, 1.165) is 11.6 Å². The van der Waals surface area contributed by atoms with E-state index in [4.69, 9.17) is 0 Å². The first-order valence-electron chi connectivity index (χ1n) is 7.21. The summed E-state index contributed by atoms with van der Waals surface area (Å²) in [5, 5.41) is 28.4. The standard InChI is InChI=1S/C17H14N2O5S.Na.H/c1-10-6-7-14(20)13(8-10)18-19-17-12-5-3-2-4-11(12)16(9-15(17)21)25(22,23)24;;/h2-9,20-21H,1H3,(H,22,23,24);;/b19-18+;;. The number of aromatic hydroxyl groups is 2. The van der Waals surface area contributed by atoms with Crippen molar-refractivity contribution in [3.05, 3.63) is 54.1 Å². The molecule has 0 radical (unpaired) electrons. The van der Waals surface area contributed by atoms with Crippen LogP contribution >= 0.6 is 0 Å². The molecule has 7 nitrogen and oxygen atoms in total. The molecule has 0 aliphatic heterocycles. The van der Waals surface area contributed by atoms with E-state index in [2.05, 4.69) is 10.2 Å². The van der Waals surface area contributed by atoms with Gasteiger partial charge in [-0.2, -0.15) is 8.42 Å². The van der Waals surface area contributed by atoms with Crippen LogP contribution in [0.1, 0.15) is 5.56 Å². The van der Waals surface area contributed by atoms with Gasteiger partial charge in [-0.1, -0.05) is 30.3 Å². The number of hydrogen-bond donors (Lipinski definition) is 3. The SMILES string of the molecule is Cc1ccc(O)c(/N=N/c2c(O)cc(S(=O)(=O)O)c3ccccc23)c1.[NaH]. The third-order valence-corrected chi connectivity index (χ3v) is 4.52.